The van der Waals surface area contributed by atoms with E-state index >= 15 is 0 Å². The summed E-state index contributed by atoms with van der Waals surface area (Å²) in [7, 11) is 0. The van der Waals surface area contributed by atoms with E-state index in [1.54, 1.807) is 24.3 Å². The Bertz CT molecular complexity index is 1220. The predicted octanol–water partition coefficient (Wildman–Crippen LogP) is 4.69. The summed E-state index contributed by atoms with van der Waals surface area (Å²) in [5, 5.41) is 14.7. The highest BCUT2D eigenvalue weighted by Gasteiger charge is 2.13. The molecular formula is C23H19ClN4O2S. The van der Waals surface area contributed by atoms with E-state index in [4.69, 9.17) is 16.6 Å². The van der Waals surface area contributed by atoms with Crippen molar-refractivity contribution in [3.05, 3.63) is 88.9 Å². The maximum atomic E-state index is 12.2. The monoisotopic (exact) mass is 450 g/mol. The van der Waals surface area contributed by atoms with Crippen molar-refractivity contribution in [2.45, 2.75) is 11.7 Å². The van der Waals surface area contributed by atoms with Crippen LogP contribution in [0.25, 0.3) is 11.0 Å². The smallest absolute Gasteiger partial charge is 0.250 e. The average Bonchev–Trinajstić information content (AvgIpc) is 3.12. The van der Waals surface area contributed by atoms with Crippen molar-refractivity contribution < 1.29 is 9.90 Å². The van der Waals surface area contributed by atoms with Crippen LogP contribution < -0.4 is 5.43 Å². The summed E-state index contributed by atoms with van der Waals surface area (Å²) in [5.74, 6) is 0.126. The van der Waals surface area contributed by atoms with Crippen molar-refractivity contribution in [1.29, 1.82) is 0 Å². The van der Waals surface area contributed by atoms with Crippen LogP contribution >= 0.6 is 23.4 Å². The molecule has 1 amide bonds. The fourth-order valence-electron chi connectivity index (χ4n) is 2.99. The van der Waals surface area contributed by atoms with Crippen LogP contribution in [0.3, 0.4) is 0 Å². The number of para-hydroxylation sites is 2. The lowest BCUT2D eigenvalue weighted by Gasteiger charge is -2.09. The molecule has 0 saturated heterocycles. The van der Waals surface area contributed by atoms with Crippen LogP contribution in [0.2, 0.25) is 5.02 Å². The number of hydrogen-bond acceptors (Lipinski definition) is 5. The first-order valence-electron chi connectivity index (χ1n) is 9.52. The van der Waals surface area contributed by atoms with Crippen LogP contribution in [0.4, 0.5) is 0 Å². The van der Waals surface area contributed by atoms with E-state index in [0.29, 0.717) is 11.6 Å². The molecule has 2 N–H and O–H groups in total. The van der Waals surface area contributed by atoms with E-state index < -0.39 is 0 Å². The number of amides is 1. The second-order valence-electron chi connectivity index (χ2n) is 6.77. The molecule has 31 heavy (non-hydrogen) atoms. The van der Waals surface area contributed by atoms with Gasteiger partial charge in [-0.1, -0.05) is 47.6 Å². The molecule has 0 aliphatic carbocycles. The lowest BCUT2D eigenvalue weighted by Crippen LogP contribution is -2.20. The quantitative estimate of drug-likeness (QED) is 0.243. The van der Waals surface area contributed by atoms with Crippen molar-refractivity contribution in [3.8, 4) is 5.75 Å². The van der Waals surface area contributed by atoms with Gasteiger partial charge >= 0.3 is 0 Å². The SMILES string of the molecule is O=C(CSc1nc2ccccc2n1Cc1ccc(Cl)cc1)N/N=C\c1ccc(O)cc1. The van der Waals surface area contributed by atoms with E-state index in [1.165, 1.54) is 18.0 Å². The zero-order valence-corrected chi connectivity index (χ0v) is 18.0. The van der Waals surface area contributed by atoms with Gasteiger partial charge in [0.25, 0.3) is 5.91 Å². The number of imidazole rings is 1. The number of fused-ring (bicyclic) bond motifs is 1. The molecule has 0 radical (unpaired) electrons. The molecule has 4 aromatic rings. The molecule has 0 aliphatic heterocycles. The highest BCUT2D eigenvalue weighted by Crippen LogP contribution is 2.25. The van der Waals surface area contributed by atoms with Crippen molar-refractivity contribution in [2.75, 3.05) is 5.75 Å². The van der Waals surface area contributed by atoms with Gasteiger partial charge in [0, 0.05) is 5.02 Å². The number of carbonyl (C=O) groups is 1. The second-order valence-corrected chi connectivity index (χ2v) is 8.15. The molecule has 0 spiro atoms. The number of hydrazone groups is 1. The number of aromatic hydroxyl groups is 1. The van der Waals surface area contributed by atoms with Crippen LogP contribution in [0.1, 0.15) is 11.1 Å². The van der Waals surface area contributed by atoms with Gasteiger partial charge in [-0.25, -0.2) is 10.4 Å². The molecule has 1 heterocycles. The predicted molar refractivity (Wildman–Crippen MR) is 125 cm³/mol. The fraction of sp³-hybridized carbons (Fsp3) is 0.0870. The van der Waals surface area contributed by atoms with E-state index in [-0.39, 0.29) is 17.4 Å². The molecule has 8 heteroatoms. The number of halogens is 1. The summed E-state index contributed by atoms with van der Waals surface area (Å²) in [6.07, 6.45) is 1.53. The molecule has 3 aromatic carbocycles. The highest BCUT2D eigenvalue weighted by atomic mass is 35.5. The number of phenolic OH excluding ortho intramolecular Hbond substituents is 1. The zero-order chi connectivity index (χ0) is 21.6. The lowest BCUT2D eigenvalue weighted by molar-refractivity contribution is -0.118. The average molecular weight is 451 g/mol. The van der Waals surface area contributed by atoms with Crippen molar-refractivity contribution in [1.82, 2.24) is 15.0 Å². The minimum absolute atomic E-state index is 0.177. The number of hydrogen-bond donors (Lipinski definition) is 2. The van der Waals surface area contributed by atoms with Crippen LogP contribution in [0.5, 0.6) is 5.75 Å². The molecule has 0 bridgehead atoms. The summed E-state index contributed by atoms with van der Waals surface area (Å²) in [5.41, 5.74) is 6.27. The number of nitrogens with one attached hydrogen (secondary N) is 1. The third-order valence-corrected chi connectivity index (χ3v) is 5.73. The van der Waals surface area contributed by atoms with E-state index in [0.717, 1.165) is 27.3 Å². The van der Waals surface area contributed by atoms with Crippen LogP contribution in [0, 0.1) is 0 Å². The Hall–Kier alpha value is -3.29. The molecule has 0 fully saturated rings. The van der Waals surface area contributed by atoms with E-state index in [1.807, 2.05) is 48.5 Å². The largest absolute Gasteiger partial charge is 0.508 e. The number of carbonyl (C=O) groups excluding carboxylic acids is 1. The number of nitrogens with zero attached hydrogens (tertiary/aromatic N) is 3. The molecule has 0 saturated carbocycles. The fourth-order valence-corrected chi connectivity index (χ4v) is 3.92. The Kier molecular flexibility index (Phi) is 6.54. The number of benzene rings is 3. The van der Waals surface area contributed by atoms with Gasteiger partial charge in [0.1, 0.15) is 5.75 Å². The molecule has 0 aliphatic rings. The normalized spacial score (nSPS) is 11.3. The molecule has 0 atom stereocenters. The highest BCUT2D eigenvalue weighted by molar-refractivity contribution is 7.99. The van der Waals surface area contributed by atoms with Gasteiger partial charge in [-0.3, -0.25) is 4.79 Å². The molecule has 4 rings (SSSR count). The summed E-state index contributed by atoms with van der Waals surface area (Å²) in [6.45, 7) is 0.626. The van der Waals surface area contributed by atoms with Gasteiger partial charge in [-0.05, 0) is 59.7 Å². The lowest BCUT2D eigenvalue weighted by atomic mass is 10.2. The van der Waals surface area contributed by atoms with E-state index in [9.17, 15) is 9.90 Å². The van der Waals surface area contributed by atoms with E-state index in [2.05, 4.69) is 15.1 Å². The van der Waals surface area contributed by atoms with Gasteiger partial charge in [0.15, 0.2) is 5.16 Å². The van der Waals surface area contributed by atoms with Gasteiger partial charge in [0.05, 0.1) is 29.5 Å². The summed E-state index contributed by atoms with van der Waals surface area (Å²) < 4.78 is 2.09. The number of aromatic nitrogens is 2. The summed E-state index contributed by atoms with van der Waals surface area (Å²) in [4.78, 5) is 16.9. The summed E-state index contributed by atoms with van der Waals surface area (Å²) in [6, 6.07) is 22.1. The molecular weight excluding hydrogens is 432 g/mol. The Morgan fingerprint density at radius 3 is 2.61 bits per heavy atom. The van der Waals surface area contributed by atoms with Crippen LogP contribution in [0.15, 0.2) is 83.1 Å². The Morgan fingerprint density at radius 2 is 1.84 bits per heavy atom. The van der Waals surface area contributed by atoms with Crippen LogP contribution in [-0.2, 0) is 11.3 Å². The van der Waals surface area contributed by atoms with Gasteiger partial charge in [0.2, 0.25) is 0 Å². The van der Waals surface area contributed by atoms with Crippen molar-refractivity contribution in [2.24, 2.45) is 5.10 Å². The summed E-state index contributed by atoms with van der Waals surface area (Å²) >= 11 is 7.36. The zero-order valence-electron chi connectivity index (χ0n) is 16.4. The number of rotatable bonds is 7. The molecule has 1 aromatic heterocycles. The second kappa shape index (κ2) is 9.68. The minimum atomic E-state index is -0.231. The topological polar surface area (TPSA) is 79.5 Å². The van der Waals surface area contributed by atoms with Gasteiger partial charge < -0.3 is 9.67 Å². The third kappa shape index (κ3) is 5.45. The van der Waals surface area contributed by atoms with Crippen molar-refractivity contribution >= 4 is 46.5 Å². The first-order valence-corrected chi connectivity index (χ1v) is 10.9. The third-order valence-electron chi connectivity index (χ3n) is 4.50. The van der Waals surface area contributed by atoms with Gasteiger partial charge in [-0.15, -0.1) is 0 Å². The maximum absolute atomic E-state index is 12.2. The Balaban J connectivity index is 1.44. The van der Waals surface area contributed by atoms with Crippen LogP contribution in [-0.4, -0.2) is 32.5 Å². The molecule has 6 nitrogen and oxygen atoms in total. The number of thioether (sulfide) groups is 1. The first kappa shape index (κ1) is 21.0. The molecule has 156 valence electrons. The first-order chi connectivity index (χ1) is 15.1. The Labute approximate surface area is 188 Å². The standard InChI is InChI=1S/C23H19ClN4O2S/c24-18-9-5-17(6-10-18)14-28-21-4-2-1-3-20(21)26-23(28)31-15-22(30)27-25-13-16-7-11-19(29)12-8-16/h1-13,29H,14-15H2,(H,27,30)/b25-13-. The number of phenols is 1. The maximum Gasteiger partial charge on any atom is 0.250 e. The minimum Gasteiger partial charge on any atom is -0.508 e. The van der Waals surface area contributed by atoms with Gasteiger partial charge in [-0.2, -0.15) is 5.10 Å². The van der Waals surface area contributed by atoms with Crippen molar-refractivity contribution in [3.63, 3.8) is 0 Å². The Morgan fingerprint density at radius 1 is 1.10 bits per heavy atom. The molecule has 0 unspecified atom stereocenters.